The summed E-state index contributed by atoms with van der Waals surface area (Å²) < 4.78 is 10.7. The number of carbonyl (C=O) groups is 2. The summed E-state index contributed by atoms with van der Waals surface area (Å²) in [5.74, 6) is 1.10. The lowest BCUT2D eigenvalue weighted by Crippen LogP contribution is -2.48. The first-order valence-corrected chi connectivity index (χ1v) is 8.49. The molecule has 1 aromatic rings. The maximum absolute atomic E-state index is 13.1. The van der Waals surface area contributed by atoms with Gasteiger partial charge in [-0.3, -0.25) is 4.79 Å². The smallest absolute Gasteiger partial charge is 0.319 e. The van der Waals surface area contributed by atoms with Crippen LogP contribution in [0, 0.1) is 0 Å². The molecule has 0 saturated heterocycles. The highest BCUT2D eigenvalue weighted by Crippen LogP contribution is 2.33. The number of nitrogens with zero attached hydrogens (tertiary/aromatic N) is 1. The maximum Gasteiger partial charge on any atom is 0.319 e. The van der Waals surface area contributed by atoms with E-state index in [1.807, 2.05) is 6.08 Å². The number of amides is 3. The second kappa shape index (κ2) is 7.51. The number of hydrogen-bond acceptors (Lipinski definition) is 4. The van der Waals surface area contributed by atoms with Crippen LogP contribution in [0.4, 0.5) is 4.79 Å². The minimum Gasteiger partial charge on any atom is -0.497 e. The average Bonchev–Trinajstić information content (AvgIpc) is 2.67. The number of nitrogens with one attached hydrogen (secondary N) is 2. The molecular formula is C19H23N3O4. The van der Waals surface area contributed by atoms with Gasteiger partial charge in [-0.2, -0.15) is 0 Å². The quantitative estimate of drug-likeness (QED) is 0.809. The third-order valence-electron chi connectivity index (χ3n) is 4.55. The molecule has 0 aliphatic carbocycles. The number of allylic oxidation sites excluding steroid dienone is 1. The number of methoxy groups -OCH3 is 2. The van der Waals surface area contributed by atoms with E-state index in [-0.39, 0.29) is 11.9 Å². The third-order valence-corrected chi connectivity index (χ3v) is 4.55. The largest absolute Gasteiger partial charge is 0.497 e. The molecular weight excluding hydrogens is 334 g/mol. The van der Waals surface area contributed by atoms with Gasteiger partial charge in [0.25, 0.3) is 5.91 Å². The Labute approximate surface area is 152 Å². The first-order valence-electron chi connectivity index (χ1n) is 8.49. The van der Waals surface area contributed by atoms with Crippen LogP contribution in [0.3, 0.4) is 0 Å². The van der Waals surface area contributed by atoms with Crippen LogP contribution >= 0.6 is 0 Å². The Bertz CT molecular complexity index is 763. The Balaban J connectivity index is 2.03. The van der Waals surface area contributed by atoms with Crippen molar-refractivity contribution in [3.05, 3.63) is 47.2 Å². The average molecular weight is 357 g/mol. The van der Waals surface area contributed by atoms with Gasteiger partial charge in [0, 0.05) is 24.9 Å². The zero-order valence-electron chi connectivity index (χ0n) is 15.2. The molecule has 26 heavy (non-hydrogen) atoms. The molecule has 7 heteroatoms. The summed E-state index contributed by atoms with van der Waals surface area (Å²) in [6.07, 6.45) is 4.88. The number of hydrogen-bond donors (Lipinski definition) is 2. The molecule has 0 fully saturated rings. The summed E-state index contributed by atoms with van der Waals surface area (Å²) in [6.45, 7) is 2.97. The Morgan fingerprint density at radius 2 is 1.85 bits per heavy atom. The predicted octanol–water partition coefficient (Wildman–Crippen LogP) is 2.12. The molecule has 2 aliphatic rings. The molecule has 1 atom stereocenters. The van der Waals surface area contributed by atoms with Gasteiger partial charge in [0.15, 0.2) is 0 Å². The van der Waals surface area contributed by atoms with Crippen molar-refractivity contribution in [2.24, 2.45) is 0 Å². The predicted molar refractivity (Wildman–Crippen MR) is 97.0 cm³/mol. The van der Waals surface area contributed by atoms with Crippen LogP contribution in [0.5, 0.6) is 11.5 Å². The molecule has 0 saturated carbocycles. The van der Waals surface area contributed by atoms with Crippen molar-refractivity contribution in [2.45, 2.75) is 19.4 Å². The van der Waals surface area contributed by atoms with Gasteiger partial charge in [-0.05, 0) is 31.0 Å². The molecule has 2 aliphatic heterocycles. The van der Waals surface area contributed by atoms with E-state index >= 15 is 0 Å². The fraction of sp³-hybridized carbons (Fsp3) is 0.368. The second-order valence-electron chi connectivity index (χ2n) is 6.23. The number of urea groups is 1. The lowest BCUT2D eigenvalue weighted by molar-refractivity contribution is -0.127. The molecule has 138 valence electrons. The monoisotopic (exact) mass is 357 g/mol. The van der Waals surface area contributed by atoms with Crippen molar-refractivity contribution in [1.82, 2.24) is 15.5 Å². The van der Waals surface area contributed by atoms with Gasteiger partial charge in [0.1, 0.15) is 11.5 Å². The van der Waals surface area contributed by atoms with Crippen molar-refractivity contribution in [3.8, 4) is 11.5 Å². The van der Waals surface area contributed by atoms with Crippen LogP contribution in [0.15, 0.2) is 41.6 Å². The normalized spacial score (nSPS) is 19.7. The number of benzene rings is 1. The summed E-state index contributed by atoms with van der Waals surface area (Å²) in [7, 11) is 3.12. The van der Waals surface area contributed by atoms with Gasteiger partial charge in [0.2, 0.25) is 0 Å². The highest BCUT2D eigenvalue weighted by atomic mass is 16.5. The third kappa shape index (κ3) is 3.51. The highest BCUT2D eigenvalue weighted by Gasteiger charge is 2.34. The van der Waals surface area contributed by atoms with Gasteiger partial charge < -0.3 is 25.0 Å². The van der Waals surface area contributed by atoms with E-state index in [9.17, 15) is 9.59 Å². The molecule has 3 amide bonds. The van der Waals surface area contributed by atoms with E-state index in [4.69, 9.17) is 9.47 Å². The van der Waals surface area contributed by atoms with Crippen LogP contribution in [0.2, 0.25) is 0 Å². The van der Waals surface area contributed by atoms with E-state index in [0.717, 1.165) is 12.0 Å². The molecule has 2 heterocycles. The van der Waals surface area contributed by atoms with Crippen LogP contribution in [0.1, 0.15) is 24.9 Å². The number of ether oxygens (including phenoxy) is 2. The van der Waals surface area contributed by atoms with Crippen LogP contribution < -0.4 is 20.1 Å². The summed E-state index contributed by atoms with van der Waals surface area (Å²) in [4.78, 5) is 27.0. The Kier molecular flexibility index (Phi) is 5.16. The van der Waals surface area contributed by atoms with Crippen LogP contribution in [-0.4, -0.2) is 44.1 Å². The molecule has 0 aromatic heterocycles. The van der Waals surface area contributed by atoms with Gasteiger partial charge in [-0.15, -0.1) is 0 Å². The molecule has 0 radical (unpaired) electrons. The topological polar surface area (TPSA) is 79.9 Å². The van der Waals surface area contributed by atoms with E-state index in [1.165, 1.54) is 0 Å². The maximum atomic E-state index is 13.1. The molecule has 7 nitrogen and oxygen atoms in total. The van der Waals surface area contributed by atoms with E-state index in [2.05, 4.69) is 16.7 Å². The fourth-order valence-electron chi connectivity index (χ4n) is 3.22. The highest BCUT2D eigenvalue weighted by molar-refractivity contribution is 5.98. The van der Waals surface area contributed by atoms with Crippen molar-refractivity contribution in [2.75, 3.05) is 27.3 Å². The van der Waals surface area contributed by atoms with Crippen molar-refractivity contribution in [1.29, 1.82) is 0 Å². The number of rotatable bonds is 4. The summed E-state index contributed by atoms with van der Waals surface area (Å²) >= 11 is 0. The minimum absolute atomic E-state index is 0.0915. The lowest BCUT2D eigenvalue weighted by atomic mass is 9.93. The SMILES string of the molecule is COc1cc(OC)cc([C@@H]2NC(=O)NC(C)=C2C(=O)N2CC=CCC2)c1. The van der Waals surface area contributed by atoms with Gasteiger partial charge >= 0.3 is 6.03 Å². The van der Waals surface area contributed by atoms with E-state index in [0.29, 0.717) is 35.9 Å². The Morgan fingerprint density at radius 3 is 2.42 bits per heavy atom. The first-order chi connectivity index (χ1) is 12.5. The first kappa shape index (κ1) is 17.8. The molecule has 0 unspecified atom stereocenters. The van der Waals surface area contributed by atoms with E-state index < -0.39 is 6.04 Å². The van der Waals surface area contributed by atoms with Gasteiger partial charge in [-0.1, -0.05) is 12.2 Å². The van der Waals surface area contributed by atoms with Crippen LogP contribution in [-0.2, 0) is 4.79 Å². The zero-order chi connectivity index (χ0) is 18.7. The lowest BCUT2D eigenvalue weighted by Gasteiger charge is -2.33. The fourth-order valence-corrected chi connectivity index (χ4v) is 3.22. The van der Waals surface area contributed by atoms with Crippen molar-refractivity contribution < 1.29 is 19.1 Å². The zero-order valence-corrected chi connectivity index (χ0v) is 15.2. The minimum atomic E-state index is -0.578. The van der Waals surface area contributed by atoms with Crippen molar-refractivity contribution in [3.63, 3.8) is 0 Å². The Morgan fingerprint density at radius 1 is 1.15 bits per heavy atom. The standard InChI is InChI=1S/C19H23N3O4/c1-12-16(18(23)22-7-5-4-6-8-22)17(21-19(24)20-12)13-9-14(25-2)11-15(10-13)26-3/h4-5,9-11,17H,6-8H2,1-3H3,(H2,20,21,24)/t17-/m0/s1. The van der Waals surface area contributed by atoms with E-state index in [1.54, 1.807) is 44.2 Å². The summed E-state index contributed by atoms with van der Waals surface area (Å²) in [6, 6.07) is 4.43. The van der Waals surface area contributed by atoms with Gasteiger partial charge in [-0.25, -0.2) is 4.79 Å². The molecule has 0 spiro atoms. The summed E-state index contributed by atoms with van der Waals surface area (Å²) in [5.41, 5.74) is 1.81. The van der Waals surface area contributed by atoms with Gasteiger partial charge in [0.05, 0.1) is 25.8 Å². The molecule has 0 bridgehead atoms. The van der Waals surface area contributed by atoms with Crippen molar-refractivity contribution >= 4 is 11.9 Å². The molecule has 1 aromatic carbocycles. The second-order valence-corrected chi connectivity index (χ2v) is 6.23. The molecule has 3 rings (SSSR count). The number of carbonyl (C=O) groups excluding carboxylic acids is 2. The molecule has 2 N–H and O–H groups in total. The Hall–Kier alpha value is -2.96. The van der Waals surface area contributed by atoms with Crippen LogP contribution in [0.25, 0.3) is 0 Å². The summed E-state index contributed by atoms with van der Waals surface area (Å²) in [5, 5.41) is 5.56.